The number of thiazole rings is 1. The van der Waals surface area contributed by atoms with Crippen LogP contribution in [0.1, 0.15) is 39.8 Å². The molecule has 0 atom stereocenters. The molecule has 1 fully saturated rings. The highest BCUT2D eigenvalue weighted by molar-refractivity contribution is 7.13. The van der Waals surface area contributed by atoms with Gasteiger partial charge in [0, 0.05) is 50.7 Å². The van der Waals surface area contributed by atoms with Crippen LogP contribution < -0.4 is 0 Å². The summed E-state index contributed by atoms with van der Waals surface area (Å²) in [5.41, 5.74) is 3.20. The molecule has 152 valence electrons. The fraction of sp³-hybridized carbons (Fsp3) is 0.435. The third-order valence-corrected chi connectivity index (χ3v) is 6.56. The number of hydrogen-bond acceptors (Lipinski definition) is 5. The van der Waals surface area contributed by atoms with Gasteiger partial charge in [-0.15, -0.1) is 11.3 Å². The SMILES string of the molecule is Cc1nc(CC(C)C)sc1C(=O)N1CCN(Cc2cccc3cccnc23)CC1. The molecular formula is C23H28N4OS. The standard InChI is InChI=1S/C23H28N4OS/c1-16(2)14-20-25-17(3)22(29-20)23(28)27-12-10-26(11-13-27)15-19-7-4-6-18-8-5-9-24-21(18)19/h4-9,16H,10-15H2,1-3H3. The zero-order valence-electron chi connectivity index (χ0n) is 17.4. The van der Waals surface area contributed by atoms with Crippen molar-refractivity contribution in [1.82, 2.24) is 19.8 Å². The lowest BCUT2D eigenvalue weighted by atomic mass is 10.1. The van der Waals surface area contributed by atoms with E-state index < -0.39 is 0 Å². The van der Waals surface area contributed by atoms with Crippen molar-refractivity contribution >= 4 is 28.1 Å². The van der Waals surface area contributed by atoms with Crippen LogP contribution in [0.25, 0.3) is 10.9 Å². The van der Waals surface area contributed by atoms with Crippen molar-refractivity contribution in [3.63, 3.8) is 0 Å². The summed E-state index contributed by atoms with van der Waals surface area (Å²) in [5.74, 6) is 0.692. The number of aromatic nitrogens is 2. The Kier molecular flexibility index (Phi) is 5.92. The first-order chi connectivity index (χ1) is 14.0. The Hall–Kier alpha value is -2.31. The van der Waals surface area contributed by atoms with Gasteiger partial charge >= 0.3 is 0 Å². The summed E-state index contributed by atoms with van der Waals surface area (Å²) in [4.78, 5) is 27.4. The number of fused-ring (bicyclic) bond motifs is 1. The van der Waals surface area contributed by atoms with Crippen molar-refractivity contribution in [2.75, 3.05) is 26.2 Å². The minimum Gasteiger partial charge on any atom is -0.335 e. The van der Waals surface area contributed by atoms with E-state index in [0.717, 1.165) is 60.2 Å². The molecule has 0 unspecified atom stereocenters. The Balaban J connectivity index is 1.39. The van der Waals surface area contributed by atoms with E-state index in [1.54, 1.807) is 11.3 Å². The molecule has 0 bridgehead atoms. The van der Waals surface area contributed by atoms with Crippen molar-refractivity contribution in [2.45, 2.75) is 33.7 Å². The molecule has 29 heavy (non-hydrogen) atoms. The lowest BCUT2D eigenvalue weighted by Crippen LogP contribution is -2.48. The summed E-state index contributed by atoms with van der Waals surface area (Å²) in [6.45, 7) is 10.5. The number of nitrogens with zero attached hydrogens (tertiary/aromatic N) is 4. The highest BCUT2D eigenvalue weighted by Gasteiger charge is 2.25. The molecule has 5 nitrogen and oxygen atoms in total. The molecule has 1 amide bonds. The van der Waals surface area contributed by atoms with Gasteiger partial charge in [-0.3, -0.25) is 14.7 Å². The smallest absolute Gasteiger partial charge is 0.265 e. The quantitative estimate of drug-likeness (QED) is 0.636. The predicted molar refractivity (Wildman–Crippen MR) is 118 cm³/mol. The average Bonchev–Trinajstić information content (AvgIpc) is 3.07. The largest absolute Gasteiger partial charge is 0.335 e. The van der Waals surface area contributed by atoms with Gasteiger partial charge in [0.25, 0.3) is 5.91 Å². The van der Waals surface area contributed by atoms with Gasteiger partial charge in [-0.2, -0.15) is 0 Å². The molecule has 1 aliphatic rings. The van der Waals surface area contributed by atoms with E-state index in [9.17, 15) is 4.79 Å². The van der Waals surface area contributed by atoms with E-state index in [1.165, 1.54) is 10.9 Å². The van der Waals surface area contributed by atoms with Crippen LogP contribution in [0, 0.1) is 12.8 Å². The van der Waals surface area contributed by atoms with E-state index in [2.05, 4.69) is 53.0 Å². The van der Waals surface area contributed by atoms with Crippen molar-refractivity contribution in [3.05, 3.63) is 57.7 Å². The summed E-state index contributed by atoms with van der Waals surface area (Å²) < 4.78 is 0. The Bertz CT molecular complexity index is 1000. The van der Waals surface area contributed by atoms with Crippen LogP contribution in [0.4, 0.5) is 0 Å². The molecule has 1 aliphatic heterocycles. The third-order valence-electron chi connectivity index (χ3n) is 5.39. The van der Waals surface area contributed by atoms with Gasteiger partial charge in [0.1, 0.15) is 4.88 Å². The first-order valence-electron chi connectivity index (χ1n) is 10.3. The zero-order valence-corrected chi connectivity index (χ0v) is 18.2. The number of carbonyl (C=O) groups excluding carboxylic acids is 1. The number of aryl methyl sites for hydroxylation is 1. The number of hydrogen-bond donors (Lipinski definition) is 0. The minimum atomic E-state index is 0.140. The van der Waals surface area contributed by atoms with Gasteiger partial charge in [0.15, 0.2) is 0 Å². The first-order valence-corrected chi connectivity index (χ1v) is 11.1. The van der Waals surface area contributed by atoms with Crippen molar-refractivity contribution in [3.8, 4) is 0 Å². The van der Waals surface area contributed by atoms with Crippen LogP contribution in [0.5, 0.6) is 0 Å². The average molecular weight is 409 g/mol. The van der Waals surface area contributed by atoms with E-state index >= 15 is 0 Å². The highest BCUT2D eigenvalue weighted by atomic mass is 32.1. The summed E-state index contributed by atoms with van der Waals surface area (Å²) >= 11 is 1.57. The van der Waals surface area contributed by atoms with Crippen molar-refractivity contribution < 1.29 is 4.79 Å². The Labute approximate surface area is 176 Å². The van der Waals surface area contributed by atoms with Crippen LogP contribution in [-0.4, -0.2) is 51.9 Å². The van der Waals surface area contributed by atoms with Gasteiger partial charge in [-0.1, -0.05) is 38.1 Å². The van der Waals surface area contributed by atoms with Crippen LogP contribution in [0.3, 0.4) is 0 Å². The minimum absolute atomic E-state index is 0.140. The molecule has 1 aromatic carbocycles. The van der Waals surface area contributed by atoms with Crippen LogP contribution in [0.15, 0.2) is 36.5 Å². The zero-order chi connectivity index (χ0) is 20.4. The number of para-hydroxylation sites is 1. The highest BCUT2D eigenvalue weighted by Crippen LogP contribution is 2.24. The van der Waals surface area contributed by atoms with Gasteiger partial charge < -0.3 is 4.90 Å². The number of benzene rings is 1. The normalized spacial score (nSPS) is 15.4. The molecule has 0 aliphatic carbocycles. The van der Waals surface area contributed by atoms with Crippen LogP contribution in [0.2, 0.25) is 0 Å². The Morgan fingerprint density at radius 2 is 1.90 bits per heavy atom. The van der Waals surface area contributed by atoms with Crippen molar-refractivity contribution in [1.29, 1.82) is 0 Å². The van der Waals surface area contributed by atoms with E-state index in [4.69, 9.17) is 0 Å². The fourth-order valence-corrected chi connectivity index (χ4v) is 5.12. The first kappa shape index (κ1) is 20.0. The number of amides is 1. The molecule has 1 saturated heterocycles. The second kappa shape index (κ2) is 8.59. The lowest BCUT2D eigenvalue weighted by Gasteiger charge is -2.34. The van der Waals surface area contributed by atoms with Gasteiger partial charge in [-0.05, 0) is 24.5 Å². The maximum Gasteiger partial charge on any atom is 0.265 e. The molecule has 3 heterocycles. The Morgan fingerprint density at radius 1 is 1.14 bits per heavy atom. The maximum absolute atomic E-state index is 13.0. The number of piperazine rings is 1. The maximum atomic E-state index is 13.0. The van der Waals surface area contributed by atoms with E-state index in [-0.39, 0.29) is 5.91 Å². The molecule has 6 heteroatoms. The molecule has 0 saturated carbocycles. The number of pyridine rings is 1. The third kappa shape index (κ3) is 4.49. The predicted octanol–water partition coefficient (Wildman–Crippen LogP) is 4.16. The van der Waals surface area contributed by atoms with Crippen molar-refractivity contribution in [2.24, 2.45) is 5.92 Å². The van der Waals surface area contributed by atoms with Gasteiger partial charge in [0.05, 0.1) is 16.2 Å². The molecule has 2 aromatic heterocycles. The monoisotopic (exact) mass is 408 g/mol. The molecule has 0 spiro atoms. The second-order valence-electron chi connectivity index (χ2n) is 8.18. The molecular weight excluding hydrogens is 380 g/mol. The summed E-state index contributed by atoms with van der Waals surface area (Å²) in [5, 5.41) is 2.25. The lowest BCUT2D eigenvalue weighted by molar-refractivity contribution is 0.0632. The molecule has 0 N–H and O–H groups in total. The van der Waals surface area contributed by atoms with Gasteiger partial charge in [-0.25, -0.2) is 4.98 Å². The van der Waals surface area contributed by atoms with E-state index in [0.29, 0.717) is 5.92 Å². The van der Waals surface area contributed by atoms with Gasteiger partial charge in [0.2, 0.25) is 0 Å². The van der Waals surface area contributed by atoms with E-state index in [1.807, 2.05) is 24.1 Å². The molecule has 4 rings (SSSR count). The van der Waals surface area contributed by atoms with Crippen LogP contribution >= 0.6 is 11.3 Å². The Morgan fingerprint density at radius 3 is 2.66 bits per heavy atom. The second-order valence-corrected chi connectivity index (χ2v) is 9.26. The number of carbonyl (C=O) groups is 1. The summed E-state index contributed by atoms with van der Waals surface area (Å²) in [6.07, 6.45) is 2.79. The summed E-state index contributed by atoms with van der Waals surface area (Å²) in [6, 6.07) is 10.4. The summed E-state index contributed by atoms with van der Waals surface area (Å²) in [7, 11) is 0. The number of rotatable bonds is 5. The topological polar surface area (TPSA) is 49.3 Å². The molecule has 3 aromatic rings. The van der Waals surface area contributed by atoms with Crippen LogP contribution in [-0.2, 0) is 13.0 Å². The fourth-order valence-electron chi connectivity index (χ4n) is 3.88. The molecule has 0 radical (unpaired) electrons.